The summed E-state index contributed by atoms with van der Waals surface area (Å²) in [4.78, 5) is 0. The van der Waals surface area contributed by atoms with Crippen LogP contribution in [0.1, 0.15) is 12.8 Å². The van der Waals surface area contributed by atoms with Crippen molar-refractivity contribution in [2.75, 3.05) is 6.67 Å². The van der Waals surface area contributed by atoms with Gasteiger partial charge in [-0.1, -0.05) is 13.3 Å². The standard InChI is InChI=1S/C6H9F4/c1-2-3-5(8)6(9,10)4-7/h5H,1-4H2/t5-/m0/s1. The molecule has 0 aliphatic heterocycles. The SMILES string of the molecule is [CH2]CC[C@H](F)C(F)(F)CF. The molecule has 0 aliphatic carbocycles. The maximum absolute atomic E-state index is 12.2. The van der Waals surface area contributed by atoms with Gasteiger partial charge in [0.25, 0.3) is 0 Å². The maximum atomic E-state index is 12.2. The van der Waals surface area contributed by atoms with Crippen molar-refractivity contribution in [1.29, 1.82) is 0 Å². The van der Waals surface area contributed by atoms with E-state index in [1.807, 2.05) is 0 Å². The average molecular weight is 157 g/mol. The van der Waals surface area contributed by atoms with Crippen LogP contribution >= 0.6 is 0 Å². The minimum Gasteiger partial charge on any atom is -0.244 e. The molecule has 0 saturated heterocycles. The largest absolute Gasteiger partial charge is 0.306 e. The lowest BCUT2D eigenvalue weighted by molar-refractivity contribution is -0.0898. The first-order chi connectivity index (χ1) is 4.54. The lowest BCUT2D eigenvalue weighted by Crippen LogP contribution is -2.31. The van der Waals surface area contributed by atoms with Crippen LogP contribution in [0.4, 0.5) is 17.6 Å². The fraction of sp³-hybridized carbons (Fsp3) is 0.833. The van der Waals surface area contributed by atoms with E-state index in [4.69, 9.17) is 0 Å². The first kappa shape index (κ1) is 9.72. The fourth-order valence-corrected chi connectivity index (χ4v) is 0.474. The number of halogens is 4. The van der Waals surface area contributed by atoms with Gasteiger partial charge in [-0.25, -0.2) is 17.6 Å². The topological polar surface area (TPSA) is 0 Å². The molecule has 61 valence electrons. The second-order valence-corrected chi connectivity index (χ2v) is 2.00. The van der Waals surface area contributed by atoms with Crippen molar-refractivity contribution in [3.63, 3.8) is 0 Å². The minimum absolute atomic E-state index is 0.0523. The molecule has 0 unspecified atom stereocenters. The van der Waals surface area contributed by atoms with Crippen molar-refractivity contribution >= 4 is 0 Å². The molecule has 0 aromatic carbocycles. The Morgan fingerprint density at radius 3 is 2.20 bits per heavy atom. The molecule has 0 aliphatic rings. The third-order valence-corrected chi connectivity index (χ3v) is 1.09. The average Bonchev–Trinajstić information content (AvgIpc) is 1.89. The molecule has 0 spiro atoms. The summed E-state index contributed by atoms with van der Waals surface area (Å²) < 4.78 is 47.4. The molecule has 0 bridgehead atoms. The van der Waals surface area contributed by atoms with Gasteiger partial charge >= 0.3 is 5.92 Å². The molecule has 0 aromatic heterocycles. The zero-order chi connectivity index (χ0) is 8.20. The summed E-state index contributed by atoms with van der Waals surface area (Å²) in [7, 11) is 0. The Labute approximate surface area is 57.2 Å². The molecule has 0 rings (SSSR count). The van der Waals surface area contributed by atoms with Crippen LogP contribution in [0.25, 0.3) is 0 Å². The minimum atomic E-state index is -3.82. The van der Waals surface area contributed by atoms with E-state index in [-0.39, 0.29) is 6.42 Å². The van der Waals surface area contributed by atoms with Crippen LogP contribution in [0.15, 0.2) is 0 Å². The van der Waals surface area contributed by atoms with Crippen LogP contribution in [-0.2, 0) is 0 Å². The van der Waals surface area contributed by atoms with Gasteiger partial charge in [-0.3, -0.25) is 0 Å². The highest BCUT2D eigenvalue weighted by atomic mass is 19.3. The van der Waals surface area contributed by atoms with Crippen LogP contribution < -0.4 is 0 Å². The molecule has 0 fully saturated rings. The number of hydrogen-bond donors (Lipinski definition) is 0. The zero-order valence-electron chi connectivity index (χ0n) is 5.42. The molecule has 1 radical (unpaired) electrons. The van der Waals surface area contributed by atoms with Crippen LogP contribution in [0, 0.1) is 6.92 Å². The molecule has 0 amide bonds. The second-order valence-electron chi connectivity index (χ2n) is 2.00. The first-order valence-electron chi connectivity index (χ1n) is 2.91. The Morgan fingerprint density at radius 1 is 1.40 bits per heavy atom. The van der Waals surface area contributed by atoms with Gasteiger partial charge in [0.1, 0.15) is 0 Å². The van der Waals surface area contributed by atoms with Crippen molar-refractivity contribution in [2.45, 2.75) is 24.9 Å². The lowest BCUT2D eigenvalue weighted by atomic mass is 10.1. The summed E-state index contributed by atoms with van der Waals surface area (Å²) in [6.07, 6.45) is -2.73. The van der Waals surface area contributed by atoms with Gasteiger partial charge < -0.3 is 0 Å². The Morgan fingerprint density at radius 2 is 1.90 bits per heavy atom. The van der Waals surface area contributed by atoms with Crippen molar-refractivity contribution < 1.29 is 17.6 Å². The van der Waals surface area contributed by atoms with Gasteiger partial charge in [0.15, 0.2) is 12.8 Å². The van der Waals surface area contributed by atoms with Crippen LogP contribution in [0.3, 0.4) is 0 Å². The fourth-order valence-electron chi connectivity index (χ4n) is 0.474. The summed E-state index contributed by atoms with van der Waals surface area (Å²) in [6.45, 7) is 1.24. The van der Waals surface area contributed by atoms with Crippen molar-refractivity contribution in [2.24, 2.45) is 0 Å². The predicted octanol–water partition coefficient (Wildman–Crippen LogP) is 2.54. The van der Waals surface area contributed by atoms with Gasteiger partial charge in [-0.2, -0.15) is 0 Å². The van der Waals surface area contributed by atoms with Gasteiger partial charge in [-0.15, -0.1) is 0 Å². The molecule has 0 heterocycles. The van der Waals surface area contributed by atoms with E-state index >= 15 is 0 Å². The molecule has 0 saturated carbocycles. The molecule has 0 N–H and O–H groups in total. The van der Waals surface area contributed by atoms with E-state index in [2.05, 4.69) is 6.92 Å². The summed E-state index contributed by atoms with van der Waals surface area (Å²) >= 11 is 0. The third kappa shape index (κ3) is 2.54. The van der Waals surface area contributed by atoms with E-state index in [0.717, 1.165) is 0 Å². The molecule has 0 aromatic rings. The van der Waals surface area contributed by atoms with Crippen LogP contribution in [0.5, 0.6) is 0 Å². The van der Waals surface area contributed by atoms with Crippen molar-refractivity contribution in [1.82, 2.24) is 0 Å². The predicted molar refractivity (Wildman–Crippen MR) is 30.4 cm³/mol. The Hall–Kier alpha value is -0.280. The van der Waals surface area contributed by atoms with Gasteiger partial charge in [-0.05, 0) is 6.42 Å². The van der Waals surface area contributed by atoms with E-state index in [1.165, 1.54) is 0 Å². The lowest BCUT2D eigenvalue weighted by Gasteiger charge is -2.15. The quantitative estimate of drug-likeness (QED) is 0.550. The van der Waals surface area contributed by atoms with E-state index in [9.17, 15) is 17.6 Å². The second kappa shape index (κ2) is 3.78. The number of rotatable bonds is 4. The molecule has 4 heteroatoms. The highest BCUT2D eigenvalue weighted by molar-refractivity contribution is 4.75. The number of alkyl halides is 4. The highest BCUT2D eigenvalue weighted by Gasteiger charge is 2.39. The van der Waals surface area contributed by atoms with E-state index in [0.29, 0.717) is 0 Å². The third-order valence-electron chi connectivity index (χ3n) is 1.09. The summed E-state index contributed by atoms with van der Waals surface area (Å²) in [5.74, 6) is -3.82. The maximum Gasteiger partial charge on any atom is 0.306 e. The molecular formula is C6H9F4. The van der Waals surface area contributed by atoms with E-state index in [1.54, 1.807) is 0 Å². The van der Waals surface area contributed by atoms with Crippen molar-refractivity contribution in [3.8, 4) is 0 Å². The Bertz CT molecular complexity index is 91.7. The van der Waals surface area contributed by atoms with Gasteiger partial charge in [0, 0.05) is 0 Å². The van der Waals surface area contributed by atoms with E-state index < -0.39 is 25.2 Å². The Balaban J connectivity index is 3.78. The summed E-state index contributed by atoms with van der Waals surface area (Å²) in [5, 5.41) is 0. The number of hydrogen-bond acceptors (Lipinski definition) is 0. The zero-order valence-corrected chi connectivity index (χ0v) is 5.42. The summed E-state index contributed by atoms with van der Waals surface area (Å²) in [5.41, 5.74) is 0. The first-order valence-corrected chi connectivity index (χ1v) is 2.91. The molecule has 10 heavy (non-hydrogen) atoms. The molecule has 1 atom stereocenters. The Kier molecular flexibility index (Phi) is 3.68. The normalized spacial score (nSPS) is 15.3. The van der Waals surface area contributed by atoms with Crippen LogP contribution in [-0.4, -0.2) is 18.8 Å². The molecule has 0 nitrogen and oxygen atoms in total. The van der Waals surface area contributed by atoms with Gasteiger partial charge in [0.2, 0.25) is 0 Å². The highest BCUT2D eigenvalue weighted by Crippen LogP contribution is 2.25. The van der Waals surface area contributed by atoms with Crippen LogP contribution in [0.2, 0.25) is 0 Å². The van der Waals surface area contributed by atoms with Crippen molar-refractivity contribution in [3.05, 3.63) is 6.92 Å². The smallest absolute Gasteiger partial charge is 0.244 e. The van der Waals surface area contributed by atoms with Gasteiger partial charge in [0.05, 0.1) is 0 Å². The monoisotopic (exact) mass is 157 g/mol. The molecular weight excluding hydrogens is 148 g/mol. The summed E-state index contributed by atoms with van der Waals surface area (Å²) in [6, 6.07) is 0.